The maximum absolute atomic E-state index is 6.87. The molecule has 0 amide bonds. The van der Waals surface area contributed by atoms with Crippen LogP contribution in [0.4, 0.5) is 34.1 Å². The molecule has 13 rings (SSSR count). The van der Waals surface area contributed by atoms with Crippen LogP contribution in [0.1, 0.15) is 75.6 Å². The number of hydrogen-bond donors (Lipinski definition) is 0. The van der Waals surface area contributed by atoms with Gasteiger partial charge in [0.15, 0.2) is 11.2 Å². The molecule has 1 aliphatic rings. The second kappa shape index (κ2) is 15.5. The Morgan fingerprint density at radius 1 is 0.406 bits per heavy atom. The summed E-state index contributed by atoms with van der Waals surface area (Å²) in [6.45, 7) is 13.8. The molecular formula is C65H52N2O2. The highest BCUT2D eigenvalue weighted by atomic mass is 16.3. The number of nitrogens with zero attached hydrogens (tertiary/aromatic N) is 2. The lowest BCUT2D eigenvalue weighted by atomic mass is 9.79. The summed E-state index contributed by atoms with van der Waals surface area (Å²) >= 11 is 0. The summed E-state index contributed by atoms with van der Waals surface area (Å²) in [4.78, 5) is 4.85. The highest BCUT2D eigenvalue weighted by Crippen LogP contribution is 2.59. The summed E-state index contributed by atoms with van der Waals surface area (Å²) in [6.07, 6.45) is 0. The molecule has 0 bridgehead atoms. The van der Waals surface area contributed by atoms with Gasteiger partial charge in [-0.25, -0.2) is 0 Å². The Bertz CT molecular complexity index is 4000. The molecule has 334 valence electrons. The summed E-state index contributed by atoms with van der Waals surface area (Å²) in [5.74, 6) is 0.835. The molecule has 0 aliphatic heterocycles. The number of para-hydroxylation sites is 4. The van der Waals surface area contributed by atoms with Gasteiger partial charge < -0.3 is 18.6 Å². The second-order valence-electron chi connectivity index (χ2n) is 20.1. The topological polar surface area (TPSA) is 32.8 Å². The number of furan rings is 2. The predicted molar refractivity (Wildman–Crippen MR) is 291 cm³/mol. The molecule has 0 spiro atoms. The van der Waals surface area contributed by atoms with E-state index in [-0.39, 0.29) is 5.41 Å². The van der Waals surface area contributed by atoms with Gasteiger partial charge in [-0.2, -0.15) is 0 Å². The molecule has 1 aliphatic carbocycles. The molecule has 69 heavy (non-hydrogen) atoms. The first-order chi connectivity index (χ1) is 33.6. The number of rotatable bonds is 8. The van der Waals surface area contributed by atoms with Crippen LogP contribution in [0.2, 0.25) is 0 Å². The zero-order valence-corrected chi connectivity index (χ0v) is 39.8. The molecule has 0 saturated heterocycles. The molecule has 12 aromatic rings. The van der Waals surface area contributed by atoms with Gasteiger partial charge in [-0.05, 0) is 123 Å². The lowest BCUT2D eigenvalue weighted by molar-refractivity contribution is 0.667. The van der Waals surface area contributed by atoms with E-state index in [1.165, 1.54) is 54.9 Å². The summed E-state index contributed by atoms with van der Waals surface area (Å²) < 4.78 is 13.6. The largest absolute Gasteiger partial charge is 0.454 e. The Kier molecular flexibility index (Phi) is 9.23. The normalized spacial score (nSPS) is 13.2. The Balaban J connectivity index is 1.05. The molecule has 2 aromatic heterocycles. The van der Waals surface area contributed by atoms with Gasteiger partial charge >= 0.3 is 0 Å². The monoisotopic (exact) mass is 892 g/mol. The maximum atomic E-state index is 6.87. The third-order valence-electron chi connectivity index (χ3n) is 15.0. The van der Waals surface area contributed by atoms with Crippen molar-refractivity contribution < 1.29 is 8.83 Å². The lowest BCUT2D eigenvalue weighted by Crippen LogP contribution is -2.17. The van der Waals surface area contributed by atoms with E-state index in [0.717, 1.165) is 78.0 Å². The lowest BCUT2D eigenvalue weighted by Gasteiger charge is -2.30. The molecule has 0 radical (unpaired) electrons. The Morgan fingerprint density at radius 2 is 0.899 bits per heavy atom. The smallest absolute Gasteiger partial charge is 0.159 e. The first kappa shape index (κ1) is 41.1. The first-order valence-corrected chi connectivity index (χ1v) is 24.4. The zero-order chi connectivity index (χ0) is 46.7. The van der Waals surface area contributed by atoms with Crippen molar-refractivity contribution in [2.75, 3.05) is 9.80 Å². The van der Waals surface area contributed by atoms with Gasteiger partial charge in [0.2, 0.25) is 0 Å². The Hall–Kier alpha value is -8.08. The van der Waals surface area contributed by atoms with E-state index in [1.54, 1.807) is 0 Å². The fourth-order valence-electron chi connectivity index (χ4n) is 11.4. The quantitative estimate of drug-likeness (QED) is 0.152. The van der Waals surface area contributed by atoms with Crippen LogP contribution in [0.5, 0.6) is 0 Å². The van der Waals surface area contributed by atoms with Crippen molar-refractivity contribution in [1.82, 2.24) is 0 Å². The Morgan fingerprint density at radius 3 is 1.49 bits per heavy atom. The van der Waals surface area contributed by atoms with Crippen LogP contribution in [-0.4, -0.2) is 0 Å². The Labute approximate surface area is 402 Å². The van der Waals surface area contributed by atoms with Gasteiger partial charge in [0.25, 0.3) is 0 Å². The van der Waals surface area contributed by atoms with Crippen LogP contribution < -0.4 is 9.80 Å². The summed E-state index contributed by atoms with van der Waals surface area (Å²) in [6, 6.07) is 71.2. The van der Waals surface area contributed by atoms with E-state index in [4.69, 9.17) is 8.83 Å². The molecule has 0 saturated carbocycles. The van der Waals surface area contributed by atoms with Crippen LogP contribution in [0.25, 0.3) is 76.5 Å². The highest BCUT2D eigenvalue weighted by molar-refractivity contribution is 6.16. The number of hydrogen-bond acceptors (Lipinski definition) is 4. The SMILES string of the molecule is CC(C)c1ccc(N(c2ccc3c4c(ccc3c2)-c2c(cc3ccccc3c2N(c2ccc(C(C)C)cc2)c2cccc3c2oc2ccccc23)C4(C)C)c2cccc3c2oc2ccccc23)cc1. The van der Waals surface area contributed by atoms with E-state index in [1.807, 2.05) is 6.07 Å². The van der Waals surface area contributed by atoms with Gasteiger partial charge in [-0.1, -0.05) is 169 Å². The van der Waals surface area contributed by atoms with Gasteiger partial charge in [-0.15, -0.1) is 0 Å². The predicted octanol–water partition coefficient (Wildman–Crippen LogP) is 19.3. The van der Waals surface area contributed by atoms with Crippen molar-refractivity contribution in [3.63, 3.8) is 0 Å². The second-order valence-corrected chi connectivity index (χ2v) is 20.1. The summed E-state index contributed by atoms with van der Waals surface area (Å²) in [5, 5.41) is 9.28. The number of benzene rings is 10. The van der Waals surface area contributed by atoms with Crippen molar-refractivity contribution >= 4 is 99.5 Å². The molecule has 0 N–H and O–H groups in total. The zero-order valence-electron chi connectivity index (χ0n) is 39.8. The molecule has 0 unspecified atom stereocenters. The third-order valence-corrected chi connectivity index (χ3v) is 15.0. The van der Waals surface area contributed by atoms with Crippen LogP contribution in [0.15, 0.2) is 203 Å². The molecule has 4 nitrogen and oxygen atoms in total. The fourth-order valence-corrected chi connectivity index (χ4v) is 11.4. The van der Waals surface area contributed by atoms with E-state index < -0.39 is 0 Å². The van der Waals surface area contributed by atoms with Crippen molar-refractivity contribution in [2.24, 2.45) is 0 Å². The minimum atomic E-state index is -0.338. The third kappa shape index (κ3) is 6.28. The van der Waals surface area contributed by atoms with Gasteiger partial charge in [0.05, 0.1) is 17.1 Å². The van der Waals surface area contributed by atoms with Crippen molar-refractivity contribution in [3.8, 4) is 11.1 Å². The fraction of sp³-hybridized carbons (Fsp3) is 0.138. The minimum absolute atomic E-state index is 0.338. The van der Waals surface area contributed by atoms with Crippen LogP contribution >= 0.6 is 0 Å². The van der Waals surface area contributed by atoms with Crippen molar-refractivity contribution in [3.05, 3.63) is 216 Å². The molecule has 2 heterocycles. The molecule has 4 heteroatoms. The number of anilines is 6. The average Bonchev–Trinajstić information content (AvgIpc) is 4.02. The minimum Gasteiger partial charge on any atom is -0.454 e. The van der Waals surface area contributed by atoms with Gasteiger partial charge in [0.1, 0.15) is 11.2 Å². The first-order valence-electron chi connectivity index (χ1n) is 24.4. The van der Waals surface area contributed by atoms with E-state index in [0.29, 0.717) is 11.8 Å². The molecular weight excluding hydrogens is 841 g/mol. The van der Waals surface area contributed by atoms with E-state index in [2.05, 4.69) is 239 Å². The highest BCUT2D eigenvalue weighted by Gasteiger charge is 2.41. The summed E-state index contributed by atoms with van der Waals surface area (Å²) in [5.41, 5.74) is 17.4. The van der Waals surface area contributed by atoms with Crippen molar-refractivity contribution in [2.45, 2.75) is 58.8 Å². The standard InChI is InChI=1S/C65H52N2O2/c1-39(2)41-25-30-45(31-26-41)66(56-21-13-19-52-50-17-9-11-23-58(50)68-63(52)56)47-34-36-48-44(37-47)29-35-54-60-55(65(5,6)61(48)54)38-43-15-7-8-16-49(43)62(60)67(46-32-27-42(28-33-46)40(3)4)57-22-14-20-53-51-18-10-12-24-59(51)69-64(53)57/h7-40H,1-6H3. The van der Waals surface area contributed by atoms with Crippen LogP contribution in [0, 0.1) is 0 Å². The van der Waals surface area contributed by atoms with Gasteiger partial charge in [-0.3, -0.25) is 0 Å². The van der Waals surface area contributed by atoms with E-state index >= 15 is 0 Å². The van der Waals surface area contributed by atoms with Crippen LogP contribution in [0.3, 0.4) is 0 Å². The van der Waals surface area contributed by atoms with E-state index in [9.17, 15) is 0 Å². The van der Waals surface area contributed by atoms with Gasteiger partial charge in [0, 0.05) is 55.0 Å². The molecule has 0 atom stereocenters. The maximum Gasteiger partial charge on any atom is 0.159 e. The summed E-state index contributed by atoms with van der Waals surface area (Å²) in [7, 11) is 0. The van der Waals surface area contributed by atoms with Crippen LogP contribution in [-0.2, 0) is 5.41 Å². The molecule has 10 aromatic carbocycles. The average molecular weight is 893 g/mol. The van der Waals surface area contributed by atoms with Crippen molar-refractivity contribution in [1.29, 1.82) is 0 Å². The molecule has 0 fully saturated rings. The number of fused-ring (bicyclic) bond motifs is 12.